The third-order valence-electron chi connectivity index (χ3n) is 6.04. The second-order valence-corrected chi connectivity index (χ2v) is 11.6. The van der Waals surface area contributed by atoms with Crippen LogP contribution in [0.5, 0.6) is 0 Å². The maximum atomic E-state index is 13.4. The van der Waals surface area contributed by atoms with E-state index in [0.717, 1.165) is 9.69 Å². The molecule has 0 saturated carbocycles. The first kappa shape index (κ1) is 34.5. The predicted octanol–water partition coefficient (Wildman–Crippen LogP) is 7.11. The normalized spacial score (nSPS) is 15.0. The number of rotatable bonds is 9. The Hall–Kier alpha value is -3.35. The molecule has 10 nitrogen and oxygen atoms in total. The molecule has 0 fully saturated rings. The highest BCUT2D eigenvalue weighted by Crippen LogP contribution is 2.39. The first-order valence-electron chi connectivity index (χ1n) is 12.8. The first-order valence-corrected chi connectivity index (χ1v) is 15.1. The summed E-state index contributed by atoms with van der Waals surface area (Å²) in [6.45, 7) is 2.87. The van der Waals surface area contributed by atoms with Crippen molar-refractivity contribution in [3.05, 3.63) is 106 Å². The molecular formula is C29H20Cl6N4O6. The van der Waals surface area contributed by atoms with Crippen LogP contribution in [-0.2, 0) is 14.3 Å². The van der Waals surface area contributed by atoms with Gasteiger partial charge in [-0.05, 0) is 50.3 Å². The number of hydrazone groups is 1. The lowest BCUT2D eigenvalue weighted by atomic mass is 10.0. The summed E-state index contributed by atoms with van der Waals surface area (Å²) in [4.78, 5) is 52.1. The molecule has 0 bridgehead atoms. The zero-order valence-corrected chi connectivity index (χ0v) is 27.6. The van der Waals surface area contributed by atoms with E-state index in [0.29, 0.717) is 0 Å². The van der Waals surface area contributed by atoms with Gasteiger partial charge in [-0.2, -0.15) is 10.1 Å². The molecule has 2 heterocycles. The van der Waals surface area contributed by atoms with Crippen molar-refractivity contribution >= 4 is 105 Å². The van der Waals surface area contributed by atoms with Crippen LogP contribution in [0.1, 0.15) is 29.9 Å². The number of ketones is 1. The number of aromatic nitrogens is 2. The van der Waals surface area contributed by atoms with Gasteiger partial charge in [-0.3, -0.25) is 19.5 Å². The molecule has 234 valence electrons. The van der Waals surface area contributed by atoms with Gasteiger partial charge in [-0.25, -0.2) is 9.48 Å². The molecule has 0 saturated heterocycles. The number of aliphatic hydroxyl groups is 1. The van der Waals surface area contributed by atoms with Crippen molar-refractivity contribution in [2.24, 2.45) is 5.10 Å². The second-order valence-electron chi connectivity index (χ2n) is 9.13. The lowest BCUT2D eigenvalue weighted by Crippen LogP contribution is -2.27. The SMILES string of the molecule is CCOC(=O)c1[nH]n(-c2c(Cl)cc(Cl)cc2Cl)c(=O)c1C=CC=CC=C1C(=O)N(c2c(Cl)cc(Cl)cc2Cl)N=C1C(=O)C(C)O. The standard InChI is InChI=1S/C29H20Cl6N4O6/c1-3-45-29(44)23-17(28(43)39(37-23)25-20(34)11-15(31)12-21(25)35)8-6-4-5-7-16-22(26(41)13(2)40)36-38(27(16)42)24-18(32)9-14(30)10-19(24)33/h4-13,37,40H,3H2,1-2H3. The van der Waals surface area contributed by atoms with E-state index in [1.54, 1.807) is 6.92 Å². The highest BCUT2D eigenvalue weighted by molar-refractivity contribution is 6.56. The number of aliphatic hydroxyl groups excluding tert-OH is 1. The van der Waals surface area contributed by atoms with Crippen LogP contribution in [0.25, 0.3) is 11.8 Å². The Bertz CT molecular complexity index is 1860. The quantitative estimate of drug-likeness (QED) is 0.137. The summed E-state index contributed by atoms with van der Waals surface area (Å²) in [6.07, 6.45) is 5.32. The van der Waals surface area contributed by atoms with Crippen molar-refractivity contribution in [3.8, 4) is 5.69 Å². The van der Waals surface area contributed by atoms with Gasteiger partial charge in [0, 0.05) is 10.0 Å². The van der Waals surface area contributed by atoms with Crippen molar-refractivity contribution in [1.29, 1.82) is 0 Å². The molecule has 1 amide bonds. The Kier molecular flexibility index (Phi) is 11.0. The van der Waals surface area contributed by atoms with Crippen LogP contribution in [-0.4, -0.2) is 51.0 Å². The molecule has 0 aliphatic carbocycles. The topological polar surface area (TPSA) is 134 Å². The molecule has 1 unspecified atom stereocenters. The zero-order chi connectivity index (χ0) is 33.2. The van der Waals surface area contributed by atoms with E-state index < -0.39 is 29.3 Å². The van der Waals surface area contributed by atoms with E-state index in [2.05, 4.69) is 10.2 Å². The third kappa shape index (κ3) is 7.23. The monoisotopic (exact) mass is 730 g/mol. The summed E-state index contributed by atoms with van der Waals surface area (Å²) in [6, 6.07) is 5.47. The average molecular weight is 733 g/mol. The number of esters is 1. The fourth-order valence-corrected chi connectivity index (χ4v) is 6.03. The van der Waals surface area contributed by atoms with Crippen molar-refractivity contribution < 1.29 is 24.2 Å². The minimum absolute atomic E-state index is 0.00362. The predicted molar refractivity (Wildman–Crippen MR) is 177 cm³/mol. The molecule has 45 heavy (non-hydrogen) atoms. The molecule has 16 heteroatoms. The van der Waals surface area contributed by atoms with Gasteiger partial charge in [0.2, 0.25) is 5.78 Å². The molecular weight excluding hydrogens is 713 g/mol. The molecule has 1 aromatic heterocycles. The Labute approximate surface area is 285 Å². The zero-order valence-electron chi connectivity index (χ0n) is 23.1. The van der Waals surface area contributed by atoms with Gasteiger partial charge in [-0.15, -0.1) is 0 Å². The highest BCUT2D eigenvalue weighted by Gasteiger charge is 2.37. The van der Waals surface area contributed by atoms with E-state index >= 15 is 0 Å². The molecule has 3 aromatic rings. The summed E-state index contributed by atoms with van der Waals surface area (Å²) in [7, 11) is 0. The maximum absolute atomic E-state index is 13.4. The van der Waals surface area contributed by atoms with Crippen molar-refractivity contribution in [1.82, 2.24) is 9.78 Å². The van der Waals surface area contributed by atoms with Crippen molar-refractivity contribution in [2.45, 2.75) is 20.0 Å². The number of ether oxygens (including phenoxy) is 1. The second kappa shape index (κ2) is 14.4. The number of anilines is 1. The summed E-state index contributed by atoms with van der Waals surface area (Å²) in [5, 5.41) is 18.1. The number of nitrogens with one attached hydrogen (secondary N) is 1. The van der Waals surface area contributed by atoms with Crippen molar-refractivity contribution in [3.63, 3.8) is 0 Å². The lowest BCUT2D eigenvalue weighted by Gasteiger charge is -2.15. The number of carbonyl (C=O) groups is 3. The summed E-state index contributed by atoms with van der Waals surface area (Å²) in [5.41, 5.74) is -1.39. The van der Waals surface area contributed by atoms with Gasteiger partial charge in [-0.1, -0.05) is 87.8 Å². The third-order valence-corrected chi connectivity index (χ3v) is 7.63. The van der Waals surface area contributed by atoms with E-state index in [1.165, 1.54) is 61.6 Å². The van der Waals surface area contributed by atoms with Gasteiger partial charge in [0.05, 0.1) is 37.8 Å². The number of hydrogen-bond acceptors (Lipinski definition) is 7. The Balaban J connectivity index is 1.71. The largest absolute Gasteiger partial charge is 0.461 e. The molecule has 2 N–H and O–H groups in total. The van der Waals surface area contributed by atoms with E-state index in [9.17, 15) is 24.3 Å². The average Bonchev–Trinajstić information content (AvgIpc) is 3.43. The molecule has 0 spiro atoms. The summed E-state index contributed by atoms with van der Waals surface area (Å²) in [5.74, 6) is -2.39. The minimum atomic E-state index is -1.47. The molecule has 2 aromatic carbocycles. The number of benzene rings is 2. The maximum Gasteiger partial charge on any atom is 0.357 e. The fraction of sp³-hybridized carbons (Fsp3) is 0.138. The van der Waals surface area contributed by atoms with Crippen LogP contribution in [0.4, 0.5) is 5.69 Å². The number of H-pyrrole nitrogens is 1. The Morgan fingerprint density at radius 3 is 2.02 bits per heavy atom. The lowest BCUT2D eigenvalue weighted by molar-refractivity contribution is -0.120. The van der Waals surface area contributed by atoms with Gasteiger partial charge < -0.3 is 9.84 Å². The smallest absolute Gasteiger partial charge is 0.357 e. The van der Waals surface area contributed by atoms with Crippen LogP contribution in [0.3, 0.4) is 0 Å². The number of nitrogens with zero attached hydrogens (tertiary/aromatic N) is 3. The number of halogens is 6. The van der Waals surface area contributed by atoms with Gasteiger partial charge in [0.15, 0.2) is 5.69 Å². The molecule has 1 aliphatic heterocycles. The van der Waals surface area contributed by atoms with E-state index in [-0.39, 0.29) is 70.7 Å². The minimum Gasteiger partial charge on any atom is -0.461 e. The van der Waals surface area contributed by atoms with Gasteiger partial charge >= 0.3 is 5.97 Å². The Morgan fingerprint density at radius 2 is 1.49 bits per heavy atom. The molecule has 1 aliphatic rings. The number of aromatic amines is 1. The number of allylic oxidation sites excluding steroid dienone is 4. The fourth-order valence-electron chi connectivity index (χ4n) is 4.07. The number of amides is 1. The van der Waals surface area contributed by atoms with Crippen LogP contribution in [0, 0.1) is 0 Å². The Morgan fingerprint density at radius 1 is 0.933 bits per heavy atom. The van der Waals surface area contributed by atoms with Gasteiger partial charge in [0.1, 0.15) is 23.2 Å². The van der Waals surface area contributed by atoms with Crippen LogP contribution >= 0.6 is 69.6 Å². The molecule has 0 radical (unpaired) electrons. The van der Waals surface area contributed by atoms with E-state index in [4.69, 9.17) is 74.3 Å². The summed E-state index contributed by atoms with van der Waals surface area (Å²) >= 11 is 37.1. The van der Waals surface area contributed by atoms with Crippen molar-refractivity contribution in [2.75, 3.05) is 11.6 Å². The van der Waals surface area contributed by atoms with Crippen LogP contribution in [0.2, 0.25) is 30.1 Å². The molecule has 1 atom stereocenters. The molecule has 4 rings (SSSR count). The van der Waals surface area contributed by atoms with Crippen LogP contribution in [0.15, 0.2) is 64.0 Å². The number of hydrogen-bond donors (Lipinski definition) is 2. The highest BCUT2D eigenvalue weighted by atomic mass is 35.5. The van der Waals surface area contributed by atoms with Gasteiger partial charge in [0.25, 0.3) is 11.5 Å². The number of Topliss-reactive ketones (excluding diaryl/α,β-unsaturated/α-hetero) is 1. The summed E-state index contributed by atoms with van der Waals surface area (Å²) < 4.78 is 6.07. The first-order chi connectivity index (χ1) is 21.3. The van der Waals surface area contributed by atoms with E-state index in [1.807, 2.05) is 0 Å². The van der Waals surface area contributed by atoms with Crippen LogP contribution < -0.4 is 10.6 Å². The number of carbonyl (C=O) groups excluding carboxylic acids is 3.